The summed E-state index contributed by atoms with van der Waals surface area (Å²) in [5, 5.41) is 2.98. The lowest BCUT2D eigenvalue weighted by Gasteiger charge is -2.36. The normalized spacial score (nSPS) is 17.9. The topological polar surface area (TPSA) is 74.4 Å². The van der Waals surface area contributed by atoms with Crippen molar-refractivity contribution in [3.63, 3.8) is 0 Å². The monoisotopic (exact) mass is 500 g/mol. The Labute approximate surface area is 209 Å². The summed E-state index contributed by atoms with van der Waals surface area (Å²) in [5.41, 5.74) is 1.91. The lowest BCUT2D eigenvalue weighted by atomic mass is 10.2. The third kappa shape index (κ3) is 6.46. The maximum absolute atomic E-state index is 15.0. The quantitative estimate of drug-likeness (QED) is 0.559. The van der Waals surface area contributed by atoms with Crippen molar-refractivity contribution in [3.05, 3.63) is 59.9 Å². The third-order valence-corrected chi connectivity index (χ3v) is 6.15. The summed E-state index contributed by atoms with van der Waals surface area (Å²) >= 11 is 4.99. The zero-order valence-corrected chi connectivity index (χ0v) is 20.4. The van der Waals surface area contributed by atoms with Crippen LogP contribution in [0.25, 0.3) is 0 Å². The standard InChI is InChI=1S/C25H29FN4O4S/c1-18(35)27-14-21-15-30(25(32)34-21)20-7-8-23(22(26)13-20)28-9-11-29(12-10-28)24(31)17-33-16-19-5-3-2-4-6-19/h2-8,13,21H,9-12,14-17H2,1H3,(H,27,35). The number of benzene rings is 2. The van der Waals surface area contributed by atoms with Crippen LogP contribution in [0.1, 0.15) is 12.5 Å². The number of halogens is 1. The number of ether oxygens (including phenoxy) is 2. The first-order valence-electron chi connectivity index (χ1n) is 11.6. The fourth-order valence-electron chi connectivity index (χ4n) is 4.13. The van der Waals surface area contributed by atoms with E-state index in [0.717, 1.165) is 5.56 Å². The van der Waals surface area contributed by atoms with Gasteiger partial charge >= 0.3 is 6.09 Å². The Morgan fingerprint density at radius 2 is 1.91 bits per heavy atom. The second-order valence-electron chi connectivity index (χ2n) is 8.54. The molecule has 0 aromatic heterocycles. The zero-order valence-electron chi connectivity index (χ0n) is 19.6. The van der Waals surface area contributed by atoms with E-state index in [1.165, 1.54) is 11.0 Å². The van der Waals surface area contributed by atoms with Gasteiger partial charge in [0.2, 0.25) is 5.91 Å². The molecule has 2 saturated heterocycles. The molecule has 2 amide bonds. The molecule has 4 rings (SSSR count). The van der Waals surface area contributed by atoms with Gasteiger partial charge in [-0.3, -0.25) is 9.69 Å². The van der Waals surface area contributed by atoms with E-state index in [1.54, 1.807) is 24.0 Å². The van der Waals surface area contributed by atoms with Crippen molar-refractivity contribution in [1.82, 2.24) is 10.2 Å². The van der Waals surface area contributed by atoms with Crippen LogP contribution in [0.2, 0.25) is 0 Å². The lowest BCUT2D eigenvalue weighted by molar-refractivity contribution is -0.136. The van der Waals surface area contributed by atoms with E-state index < -0.39 is 11.9 Å². The summed E-state index contributed by atoms with van der Waals surface area (Å²) in [4.78, 5) is 30.4. The number of cyclic esters (lactones) is 1. The molecule has 2 fully saturated rings. The first kappa shape index (κ1) is 24.9. The fraction of sp³-hybridized carbons (Fsp3) is 0.400. The van der Waals surface area contributed by atoms with Crippen molar-refractivity contribution in [2.24, 2.45) is 0 Å². The molecule has 0 bridgehead atoms. The summed E-state index contributed by atoms with van der Waals surface area (Å²) in [7, 11) is 0. The zero-order chi connectivity index (χ0) is 24.8. The highest BCUT2D eigenvalue weighted by molar-refractivity contribution is 7.80. The summed E-state index contributed by atoms with van der Waals surface area (Å²) in [6.45, 7) is 4.89. The van der Waals surface area contributed by atoms with Crippen LogP contribution in [0.15, 0.2) is 48.5 Å². The van der Waals surface area contributed by atoms with Crippen LogP contribution in [-0.4, -0.2) is 73.9 Å². The molecule has 2 aromatic carbocycles. The Hall–Kier alpha value is -3.24. The number of thiocarbonyl (C=S) groups is 1. The first-order valence-corrected chi connectivity index (χ1v) is 12.0. The maximum atomic E-state index is 15.0. The van der Waals surface area contributed by atoms with Gasteiger partial charge in [-0.1, -0.05) is 42.5 Å². The molecule has 2 aliphatic heterocycles. The number of nitrogens with zero attached hydrogens (tertiary/aromatic N) is 3. The van der Waals surface area contributed by atoms with E-state index in [9.17, 15) is 14.0 Å². The number of rotatable bonds is 8. The maximum Gasteiger partial charge on any atom is 0.414 e. The lowest BCUT2D eigenvalue weighted by Crippen LogP contribution is -2.50. The number of piperazine rings is 1. The second-order valence-corrected chi connectivity index (χ2v) is 9.15. The van der Waals surface area contributed by atoms with Gasteiger partial charge in [-0.15, -0.1) is 0 Å². The Balaban J connectivity index is 1.27. The number of nitrogens with one attached hydrogen (secondary N) is 1. The van der Waals surface area contributed by atoms with E-state index in [0.29, 0.717) is 62.2 Å². The molecule has 0 spiro atoms. The van der Waals surface area contributed by atoms with Gasteiger partial charge in [0, 0.05) is 26.2 Å². The number of carbonyl (C=O) groups is 2. The van der Waals surface area contributed by atoms with E-state index in [-0.39, 0.29) is 18.6 Å². The van der Waals surface area contributed by atoms with Crippen molar-refractivity contribution in [1.29, 1.82) is 0 Å². The van der Waals surface area contributed by atoms with Crippen LogP contribution in [0.3, 0.4) is 0 Å². The van der Waals surface area contributed by atoms with Crippen molar-refractivity contribution in [2.75, 3.05) is 55.7 Å². The van der Waals surface area contributed by atoms with Crippen molar-refractivity contribution in [3.8, 4) is 0 Å². The van der Waals surface area contributed by atoms with Crippen LogP contribution in [0, 0.1) is 5.82 Å². The molecule has 1 N–H and O–H groups in total. The van der Waals surface area contributed by atoms with Gasteiger partial charge in [-0.05, 0) is 30.7 Å². The molecule has 0 radical (unpaired) electrons. The number of hydrogen-bond donors (Lipinski definition) is 1. The highest BCUT2D eigenvalue weighted by Gasteiger charge is 2.33. The third-order valence-electron chi connectivity index (χ3n) is 6.01. The Kier molecular flexibility index (Phi) is 8.14. The second kappa shape index (κ2) is 11.5. The molecule has 2 heterocycles. The van der Waals surface area contributed by atoms with Gasteiger partial charge < -0.3 is 24.6 Å². The molecule has 1 unspecified atom stereocenters. The van der Waals surface area contributed by atoms with E-state index >= 15 is 0 Å². The van der Waals surface area contributed by atoms with Crippen molar-refractivity contribution in [2.45, 2.75) is 19.6 Å². The number of hydrogen-bond acceptors (Lipinski definition) is 6. The minimum atomic E-state index is -0.507. The van der Waals surface area contributed by atoms with Gasteiger partial charge in [0.15, 0.2) is 0 Å². The highest BCUT2D eigenvalue weighted by Crippen LogP contribution is 2.28. The highest BCUT2D eigenvalue weighted by atomic mass is 32.1. The van der Waals surface area contributed by atoms with Gasteiger partial charge in [-0.2, -0.15) is 0 Å². The minimum absolute atomic E-state index is 0.0183. The largest absolute Gasteiger partial charge is 0.442 e. The number of carbonyl (C=O) groups excluding carboxylic acids is 2. The average Bonchev–Trinajstić information content (AvgIpc) is 3.24. The molecule has 186 valence electrons. The van der Waals surface area contributed by atoms with Crippen LogP contribution >= 0.6 is 12.2 Å². The van der Waals surface area contributed by atoms with Crippen LogP contribution in [-0.2, 0) is 20.9 Å². The fourth-order valence-corrected chi connectivity index (χ4v) is 4.22. The Morgan fingerprint density at radius 3 is 2.60 bits per heavy atom. The summed E-state index contributed by atoms with van der Waals surface area (Å²) < 4.78 is 25.9. The first-order chi connectivity index (χ1) is 16.9. The Bertz CT molecular complexity index is 1060. The predicted molar refractivity (Wildman–Crippen MR) is 135 cm³/mol. The average molecular weight is 501 g/mol. The van der Waals surface area contributed by atoms with E-state index in [4.69, 9.17) is 21.7 Å². The van der Waals surface area contributed by atoms with Crippen LogP contribution < -0.4 is 15.1 Å². The van der Waals surface area contributed by atoms with Gasteiger partial charge in [-0.25, -0.2) is 9.18 Å². The molecule has 2 aliphatic rings. The van der Waals surface area contributed by atoms with Crippen molar-refractivity contribution < 1.29 is 23.5 Å². The minimum Gasteiger partial charge on any atom is -0.442 e. The van der Waals surface area contributed by atoms with Crippen molar-refractivity contribution >= 4 is 40.6 Å². The molecular weight excluding hydrogens is 471 g/mol. The molecule has 1 atom stereocenters. The molecular formula is C25H29FN4O4S. The van der Waals surface area contributed by atoms with E-state index in [1.807, 2.05) is 35.2 Å². The van der Waals surface area contributed by atoms with E-state index in [2.05, 4.69) is 5.32 Å². The number of amides is 2. The number of anilines is 2. The summed E-state index contributed by atoms with van der Waals surface area (Å²) in [6, 6.07) is 14.4. The van der Waals surface area contributed by atoms with Gasteiger partial charge in [0.1, 0.15) is 18.5 Å². The van der Waals surface area contributed by atoms with Crippen LogP contribution in [0.4, 0.5) is 20.6 Å². The van der Waals surface area contributed by atoms with Gasteiger partial charge in [0.05, 0.1) is 36.1 Å². The summed E-state index contributed by atoms with van der Waals surface area (Å²) in [5.74, 6) is -0.491. The smallest absolute Gasteiger partial charge is 0.414 e. The van der Waals surface area contributed by atoms with Gasteiger partial charge in [0.25, 0.3) is 0 Å². The summed E-state index contributed by atoms with van der Waals surface area (Å²) in [6.07, 6.45) is -0.863. The molecule has 8 nitrogen and oxygen atoms in total. The molecule has 0 aliphatic carbocycles. The van der Waals surface area contributed by atoms with Crippen LogP contribution in [0.5, 0.6) is 0 Å². The molecule has 0 saturated carbocycles. The molecule has 2 aromatic rings. The Morgan fingerprint density at radius 1 is 1.17 bits per heavy atom. The molecule has 35 heavy (non-hydrogen) atoms. The molecule has 10 heteroatoms. The SMILES string of the molecule is CC(=S)NCC1CN(c2ccc(N3CCN(C(=O)COCc4ccccc4)CC3)c(F)c2)C(=O)O1. The predicted octanol–water partition coefficient (Wildman–Crippen LogP) is 2.95.